The number of hydrazine groups is 3. The van der Waals surface area contributed by atoms with Crippen LogP contribution in [0.25, 0.3) is 0 Å². The monoisotopic (exact) mass is 341 g/mol. The maximum atomic E-state index is 12.1. The van der Waals surface area contributed by atoms with Gasteiger partial charge in [0, 0.05) is 18.7 Å². The highest BCUT2D eigenvalue weighted by Gasteiger charge is 2.15. The Balaban J connectivity index is 1.33. The summed E-state index contributed by atoms with van der Waals surface area (Å²) in [6.45, 7) is 1.81. The van der Waals surface area contributed by atoms with Crippen molar-refractivity contribution in [1.29, 1.82) is 0 Å². The molecule has 132 valence electrons. The van der Waals surface area contributed by atoms with Crippen LogP contribution in [0.1, 0.15) is 34.1 Å². The lowest BCUT2D eigenvalue weighted by molar-refractivity contribution is 0.0934. The van der Waals surface area contributed by atoms with Gasteiger partial charge in [-0.2, -0.15) is 11.1 Å². The van der Waals surface area contributed by atoms with Gasteiger partial charge in [0.2, 0.25) is 0 Å². The third kappa shape index (κ3) is 5.35. The summed E-state index contributed by atoms with van der Waals surface area (Å²) < 4.78 is 5.60. The number of benzene rings is 2. The molecule has 0 saturated carbocycles. The first kappa shape index (κ1) is 17.5. The van der Waals surface area contributed by atoms with E-state index in [1.165, 1.54) is 0 Å². The molecule has 0 atom stereocenters. The minimum absolute atomic E-state index is 0.0288. The number of amides is 1. The molecule has 1 amide bonds. The van der Waals surface area contributed by atoms with Gasteiger partial charge in [-0.3, -0.25) is 4.79 Å². The van der Waals surface area contributed by atoms with E-state index in [4.69, 9.17) is 4.74 Å². The van der Waals surface area contributed by atoms with Crippen molar-refractivity contribution < 1.29 is 9.53 Å². The lowest BCUT2D eigenvalue weighted by Crippen LogP contribution is -2.33. The molecule has 1 aliphatic rings. The summed E-state index contributed by atoms with van der Waals surface area (Å²) in [6.07, 6.45) is 0.753. The Morgan fingerprint density at radius 2 is 1.72 bits per heavy atom. The van der Waals surface area contributed by atoms with Gasteiger partial charge in [-0.1, -0.05) is 42.5 Å². The zero-order valence-corrected chi connectivity index (χ0v) is 13.9. The van der Waals surface area contributed by atoms with Gasteiger partial charge in [0.15, 0.2) is 0 Å². The average molecular weight is 341 g/mol. The van der Waals surface area contributed by atoms with Gasteiger partial charge in [0.05, 0.1) is 6.61 Å². The first-order valence-electron chi connectivity index (χ1n) is 8.34. The molecular formula is C18H23N5O2. The summed E-state index contributed by atoms with van der Waals surface area (Å²) in [5, 5.41) is 2.91. The van der Waals surface area contributed by atoms with Crippen molar-refractivity contribution in [3.05, 3.63) is 71.3 Å². The Morgan fingerprint density at radius 1 is 1.00 bits per heavy atom. The van der Waals surface area contributed by atoms with Crippen LogP contribution in [-0.4, -0.2) is 19.1 Å². The predicted octanol–water partition coefficient (Wildman–Crippen LogP) is 1.14. The predicted molar refractivity (Wildman–Crippen MR) is 94.8 cm³/mol. The second-order valence-electron chi connectivity index (χ2n) is 5.74. The molecule has 5 N–H and O–H groups in total. The summed E-state index contributed by atoms with van der Waals surface area (Å²) in [7, 11) is 0. The highest BCUT2D eigenvalue weighted by molar-refractivity contribution is 5.94. The van der Waals surface area contributed by atoms with E-state index in [2.05, 4.69) is 27.2 Å². The molecule has 1 saturated heterocycles. The van der Waals surface area contributed by atoms with Crippen LogP contribution in [-0.2, 0) is 11.3 Å². The summed E-state index contributed by atoms with van der Waals surface area (Å²) >= 11 is 0. The summed E-state index contributed by atoms with van der Waals surface area (Å²) in [5.74, 6) is -0.0711. The average Bonchev–Trinajstić information content (AvgIpc) is 3.20. The number of hydrogen-bond donors (Lipinski definition) is 5. The van der Waals surface area contributed by atoms with Crippen molar-refractivity contribution in [3.8, 4) is 0 Å². The number of rotatable bonds is 8. The van der Waals surface area contributed by atoms with E-state index in [9.17, 15) is 4.79 Å². The molecular weight excluding hydrogens is 318 g/mol. The van der Waals surface area contributed by atoms with Crippen LogP contribution in [0, 0.1) is 0 Å². The fraction of sp³-hybridized carbons (Fsp3) is 0.278. The van der Waals surface area contributed by atoms with E-state index in [1.54, 1.807) is 0 Å². The Bertz CT molecular complexity index is 657. The zero-order chi connectivity index (χ0) is 17.3. The third-order valence-electron chi connectivity index (χ3n) is 3.86. The topological polar surface area (TPSA) is 86.5 Å². The Kier molecular flexibility index (Phi) is 6.49. The molecule has 1 fully saturated rings. The maximum Gasteiger partial charge on any atom is 0.251 e. The normalized spacial score (nSPS) is 14.6. The SMILES string of the molecule is O=C(NCCCOCc1ccccc1)c1ccc(C2NNNN2)cc1. The molecule has 0 unspecified atom stereocenters. The van der Waals surface area contributed by atoms with Crippen molar-refractivity contribution in [3.63, 3.8) is 0 Å². The molecule has 0 radical (unpaired) electrons. The molecule has 0 spiro atoms. The van der Waals surface area contributed by atoms with E-state index in [0.29, 0.717) is 25.3 Å². The minimum atomic E-state index is -0.0711. The molecule has 7 nitrogen and oxygen atoms in total. The lowest BCUT2D eigenvalue weighted by Gasteiger charge is -2.10. The highest BCUT2D eigenvalue weighted by Crippen LogP contribution is 2.11. The lowest BCUT2D eigenvalue weighted by atomic mass is 10.1. The Hall–Kier alpha value is -2.29. The standard InChI is InChI=1S/C18H23N5O2/c24-18(16-9-7-15(8-10-16)17-20-22-23-21-17)19-11-4-12-25-13-14-5-2-1-3-6-14/h1-3,5-10,17,20-23H,4,11-13H2,(H,19,24). The summed E-state index contributed by atoms with van der Waals surface area (Å²) in [6, 6.07) is 17.5. The summed E-state index contributed by atoms with van der Waals surface area (Å²) in [4.78, 5) is 12.1. The fourth-order valence-electron chi connectivity index (χ4n) is 2.49. The molecule has 0 aliphatic carbocycles. The third-order valence-corrected chi connectivity index (χ3v) is 3.86. The van der Waals surface area contributed by atoms with E-state index in [1.807, 2.05) is 54.6 Å². The van der Waals surface area contributed by atoms with Crippen LogP contribution >= 0.6 is 0 Å². The van der Waals surface area contributed by atoms with Crippen LogP contribution in [0.4, 0.5) is 0 Å². The second kappa shape index (κ2) is 9.26. The van der Waals surface area contributed by atoms with Crippen molar-refractivity contribution >= 4 is 5.91 Å². The molecule has 2 aromatic carbocycles. The molecule has 3 rings (SSSR count). The number of ether oxygens (including phenoxy) is 1. The van der Waals surface area contributed by atoms with Gasteiger partial charge in [-0.25, -0.2) is 10.9 Å². The minimum Gasteiger partial charge on any atom is -0.377 e. The number of hydrogen-bond acceptors (Lipinski definition) is 6. The van der Waals surface area contributed by atoms with Crippen molar-refractivity contribution in [2.24, 2.45) is 0 Å². The Morgan fingerprint density at radius 3 is 2.44 bits per heavy atom. The van der Waals surface area contributed by atoms with E-state index in [-0.39, 0.29) is 12.1 Å². The molecule has 1 aliphatic heterocycles. The molecule has 2 aromatic rings. The second-order valence-corrected chi connectivity index (χ2v) is 5.74. The van der Waals surface area contributed by atoms with E-state index in [0.717, 1.165) is 17.5 Å². The molecule has 7 heteroatoms. The number of carbonyl (C=O) groups excluding carboxylic acids is 1. The smallest absolute Gasteiger partial charge is 0.251 e. The van der Waals surface area contributed by atoms with Gasteiger partial charge < -0.3 is 10.1 Å². The van der Waals surface area contributed by atoms with E-state index >= 15 is 0 Å². The first-order chi connectivity index (χ1) is 12.3. The van der Waals surface area contributed by atoms with Gasteiger partial charge in [0.1, 0.15) is 6.17 Å². The van der Waals surface area contributed by atoms with Crippen molar-refractivity contribution in [2.45, 2.75) is 19.2 Å². The highest BCUT2D eigenvalue weighted by atomic mass is 16.5. The van der Waals surface area contributed by atoms with Gasteiger partial charge in [0.25, 0.3) is 5.91 Å². The summed E-state index contributed by atoms with van der Waals surface area (Å²) in [5.41, 5.74) is 14.4. The largest absolute Gasteiger partial charge is 0.377 e. The van der Waals surface area contributed by atoms with Gasteiger partial charge in [-0.15, -0.1) is 0 Å². The number of carbonyl (C=O) groups is 1. The van der Waals surface area contributed by atoms with Crippen LogP contribution in [0.5, 0.6) is 0 Å². The molecule has 0 aromatic heterocycles. The molecule has 25 heavy (non-hydrogen) atoms. The van der Waals surface area contributed by atoms with Crippen LogP contribution in [0.3, 0.4) is 0 Å². The van der Waals surface area contributed by atoms with Crippen molar-refractivity contribution in [2.75, 3.05) is 13.2 Å². The van der Waals surface area contributed by atoms with Crippen LogP contribution in [0.15, 0.2) is 54.6 Å². The number of nitrogens with one attached hydrogen (secondary N) is 5. The van der Waals surface area contributed by atoms with E-state index < -0.39 is 0 Å². The quantitative estimate of drug-likeness (QED) is 0.463. The molecule has 0 bridgehead atoms. The van der Waals surface area contributed by atoms with Gasteiger partial charge in [-0.05, 0) is 29.7 Å². The van der Waals surface area contributed by atoms with Crippen LogP contribution < -0.4 is 27.2 Å². The molecule has 1 heterocycles. The first-order valence-corrected chi connectivity index (χ1v) is 8.34. The van der Waals surface area contributed by atoms with Gasteiger partial charge >= 0.3 is 0 Å². The van der Waals surface area contributed by atoms with Crippen LogP contribution in [0.2, 0.25) is 0 Å². The fourth-order valence-corrected chi connectivity index (χ4v) is 2.49. The van der Waals surface area contributed by atoms with Crippen molar-refractivity contribution in [1.82, 2.24) is 27.2 Å². The zero-order valence-electron chi connectivity index (χ0n) is 13.9. The Labute approximate surface area is 147 Å². The maximum absolute atomic E-state index is 12.1.